The first-order chi connectivity index (χ1) is 14.2. The van der Waals surface area contributed by atoms with Crippen molar-refractivity contribution in [2.45, 2.75) is 31.2 Å². The van der Waals surface area contributed by atoms with Gasteiger partial charge in [0, 0.05) is 17.1 Å². The van der Waals surface area contributed by atoms with Crippen LogP contribution in [0.1, 0.15) is 29.2 Å². The maximum atomic E-state index is 12.9. The van der Waals surface area contributed by atoms with Crippen LogP contribution in [0.3, 0.4) is 0 Å². The van der Waals surface area contributed by atoms with Crippen LogP contribution in [0, 0.1) is 13.8 Å². The topological polar surface area (TPSA) is 75.3 Å². The largest absolute Gasteiger partial charge is 0.326 e. The van der Waals surface area contributed by atoms with E-state index in [2.05, 4.69) is 10.0 Å². The zero-order valence-electron chi connectivity index (χ0n) is 16.7. The van der Waals surface area contributed by atoms with E-state index in [-0.39, 0.29) is 17.2 Å². The monoisotopic (exact) mass is 442 g/mol. The van der Waals surface area contributed by atoms with Crippen LogP contribution in [0.4, 0.5) is 5.69 Å². The van der Waals surface area contributed by atoms with Crippen molar-refractivity contribution in [3.05, 3.63) is 94.5 Å². The van der Waals surface area contributed by atoms with Crippen LogP contribution in [0.15, 0.2) is 77.7 Å². The number of amides is 1. The van der Waals surface area contributed by atoms with Crippen LogP contribution in [-0.4, -0.2) is 14.3 Å². The van der Waals surface area contributed by atoms with Gasteiger partial charge in [-0.25, -0.2) is 13.1 Å². The van der Waals surface area contributed by atoms with Crippen molar-refractivity contribution in [1.29, 1.82) is 0 Å². The normalized spacial score (nSPS) is 12.4. The number of carbonyl (C=O) groups is 1. The number of anilines is 1. The van der Waals surface area contributed by atoms with Gasteiger partial charge < -0.3 is 5.32 Å². The quantitative estimate of drug-likeness (QED) is 0.540. The summed E-state index contributed by atoms with van der Waals surface area (Å²) in [4.78, 5) is 12.8. The minimum Gasteiger partial charge on any atom is -0.326 e. The first kappa shape index (κ1) is 22.0. The molecule has 2 N–H and O–H groups in total. The number of rotatable bonds is 7. The van der Waals surface area contributed by atoms with Gasteiger partial charge in [0.1, 0.15) is 0 Å². The van der Waals surface area contributed by atoms with Crippen molar-refractivity contribution in [1.82, 2.24) is 4.72 Å². The van der Waals surface area contributed by atoms with E-state index in [0.29, 0.717) is 16.3 Å². The Kier molecular flexibility index (Phi) is 6.92. The second-order valence-electron chi connectivity index (χ2n) is 7.11. The second kappa shape index (κ2) is 9.43. The van der Waals surface area contributed by atoms with E-state index in [1.54, 1.807) is 54.6 Å². The van der Waals surface area contributed by atoms with E-state index in [1.165, 1.54) is 0 Å². The van der Waals surface area contributed by atoms with Crippen molar-refractivity contribution in [3.63, 3.8) is 0 Å². The summed E-state index contributed by atoms with van der Waals surface area (Å²) in [5.41, 5.74) is 3.12. The molecule has 30 heavy (non-hydrogen) atoms. The van der Waals surface area contributed by atoms with Gasteiger partial charge >= 0.3 is 0 Å². The van der Waals surface area contributed by atoms with Crippen molar-refractivity contribution in [3.8, 4) is 0 Å². The average Bonchev–Trinajstić information content (AvgIpc) is 2.71. The standard InChI is InChI=1S/C23H23ClN2O3S/c1-16-8-11-20(12-9-16)30(28,29)26-22(18-6-4-3-5-7-18)15-23(27)25-19-10-13-21(24)17(2)14-19/h3-14,22,26H,15H2,1-2H3,(H,25,27)/t22-/m0/s1. The van der Waals surface area contributed by atoms with Gasteiger partial charge in [-0.2, -0.15) is 0 Å². The Balaban J connectivity index is 1.81. The Bertz CT molecular complexity index is 1130. The van der Waals surface area contributed by atoms with Gasteiger partial charge in [-0.1, -0.05) is 59.6 Å². The molecule has 0 bridgehead atoms. The molecule has 156 valence electrons. The molecule has 1 atom stereocenters. The van der Waals surface area contributed by atoms with Crippen LogP contribution in [0.2, 0.25) is 5.02 Å². The van der Waals surface area contributed by atoms with Gasteiger partial charge in [0.15, 0.2) is 0 Å². The summed E-state index contributed by atoms with van der Waals surface area (Å²) in [6.45, 7) is 3.74. The van der Waals surface area contributed by atoms with E-state index in [0.717, 1.165) is 11.1 Å². The van der Waals surface area contributed by atoms with Crippen LogP contribution in [0.25, 0.3) is 0 Å². The number of hydrogen-bond donors (Lipinski definition) is 2. The average molecular weight is 443 g/mol. The van der Waals surface area contributed by atoms with Crippen molar-refractivity contribution in [2.75, 3.05) is 5.32 Å². The van der Waals surface area contributed by atoms with Crippen LogP contribution < -0.4 is 10.0 Å². The molecule has 3 aromatic carbocycles. The fourth-order valence-corrected chi connectivity index (χ4v) is 4.35. The number of nitrogens with one attached hydrogen (secondary N) is 2. The van der Waals surface area contributed by atoms with E-state index in [4.69, 9.17) is 11.6 Å². The Hall–Kier alpha value is -2.67. The molecule has 0 aliphatic heterocycles. The van der Waals surface area contributed by atoms with Crippen molar-refractivity contribution in [2.24, 2.45) is 0 Å². The molecule has 0 spiro atoms. The van der Waals surface area contributed by atoms with Gasteiger partial charge in [-0.15, -0.1) is 0 Å². The molecule has 0 saturated carbocycles. The van der Waals surface area contributed by atoms with Gasteiger partial charge in [0.2, 0.25) is 15.9 Å². The van der Waals surface area contributed by atoms with Crippen LogP contribution >= 0.6 is 11.6 Å². The van der Waals surface area contributed by atoms with Gasteiger partial charge in [0.25, 0.3) is 0 Å². The highest BCUT2D eigenvalue weighted by molar-refractivity contribution is 7.89. The zero-order valence-corrected chi connectivity index (χ0v) is 18.3. The Morgan fingerprint density at radius 2 is 1.63 bits per heavy atom. The molecule has 0 saturated heterocycles. The maximum Gasteiger partial charge on any atom is 0.241 e. The highest BCUT2D eigenvalue weighted by Gasteiger charge is 2.24. The molecule has 0 heterocycles. The molecule has 3 rings (SSSR count). The number of benzene rings is 3. The third kappa shape index (κ3) is 5.69. The molecule has 5 nitrogen and oxygen atoms in total. The first-order valence-corrected chi connectivity index (χ1v) is 11.3. The smallest absolute Gasteiger partial charge is 0.241 e. The highest BCUT2D eigenvalue weighted by Crippen LogP contribution is 2.23. The van der Waals surface area contributed by atoms with E-state index in [1.807, 2.05) is 32.0 Å². The predicted octanol–water partition coefficient (Wildman–Crippen LogP) is 5.01. The summed E-state index contributed by atoms with van der Waals surface area (Å²) in [7, 11) is -3.80. The fourth-order valence-electron chi connectivity index (χ4n) is 3.01. The van der Waals surface area contributed by atoms with Crippen molar-refractivity contribution < 1.29 is 13.2 Å². The predicted molar refractivity (Wildman–Crippen MR) is 120 cm³/mol. The molecule has 3 aromatic rings. The molecular formula is C23H23ClN2O3S. The van der Waals surface area contributed by atoms with Gasteiger partial charge in [-0.3, -0.25) is 4.79 Å². The number of carbonyl (C=O) groups excluding carboxylic acids is 1. The Morgan fingerprint density at radius 3 is 2.27 bits per heavy atom. The van der Waals surface area contributed by atoms with Crippen LogP contribution in [-0.2, 0) is 14.8 Å². The third-order valence-electron chi connectivity index (χ3n) is 4.66. The zero-order chi connectivity index (χ0) is 21.7. The lowest BCUT2D eigenvalue weighted by atomic mass is 10.0. The van der Waals surface area contributed by atoms with E-state index in [9.17, 15) is 13.2 Å². The van der Waals surface area contributed by atoms with Gasteiger partial charge in [0.05, 0.1) is 10.9 Å². The minimum absolute atomic E-state index is 0.0588. The second-order valence-corrected chi connectivity index (χ2v) is 9.24. The summed E-state index contributed by atoms with van der Waals surface area (Å²) < 4.78 is 28.5. The fraction of sp³-hybridized carbons (Fsp3) is 0.174. The minimum atomic E-state index is -3.80. The van der Waals surface area contributed by atoms with Crippen LogP contribution in [0.5, 0.6) is 0 Å². The molecular weight excluding hydrogens is 420 g/mol. The first-order valence-electron chi connectivity index (χ1n) is 9.44. The molecule has 0 radical (unpaired) electrons. The van der Waals surface area contributed by atoms with Crippen molar-refractivity contribution >= 4 is 33.2 Å². The Labute approximate surface area is 182 Å². The highest BCUT2D eigenvalue weighted by atomic mass is 35.5. The third-order valence-corrected chi connectivity index (χ3v) is 6.57. The number of aryl methyl sites for hydroxylation is 2. The van der Waals surface area contributed by atoms with E-state index < -0.39 is 16.1 Å². The van der Waals surface area contributed by atoms with Gasteiger partial charge in [-0.05, 0) is 55.3 Å². The molecule has 7 heteroatoms. The summed E-state index contributed by atoms with van der Waals surface area (Å²) in [5, 5.41) is 3.42. The molecule has 0 aromatic heterocycles. The summed E-state index contributed by atoms with van der Waals surface area (Å²) in [6.07, 6.45) is -0.0588. The molecule has 0 fully saturated rings. The summed E-state index contributed by atoms with van der Waals surface area (Å²) >= 11 is 6.03. The SMILES string of the molecule is Cc1ccc(S(=O)(=O)N[C@@H](CC(=O)Nc2ccc(Cl)c(C)c2)c2ccccc2)cc1. The number of hydrogen-bond acceptors (Lipinski definition) is 3. The molecule has 0 aliphatic carbocycles. The molecule has 0 unspecified atom stereocenters. The lowest BCUT2D eigenvalue weighted by Crippen LogP contribution is -2.31. The maximum absolute atomic E-state index is 12.9. The Morgan fingerprint density at radius 1 is 0.967 bits per heavy atom. The van der Waals surface area contributed by atoms with E-state index >= 15 is 0 Å². The lowest BCUT2D eigenvalue weighted by Gasteiger charge is -2.19. The lowest BCUT2D eigenvalue weighted by molar-refractivity contribution is -0.116. The summed E-state index contributed by atoms with van der Waals surface area (Å²) in [6, 6.07) is 20.1. The summed E-state index contributed by atoms with van der Waals surface area (Å²) in [5.74, 6) is -0.308. The number of sulfonamides is 1. The number of halogens is 1. The molecule has 1 amide bonds. The molecule has 0 aliphatic rings.